The fraction of sp³-hybridized carbons (Fsp3) is 0.571. The number of thioether (sulfide) groups is 1. The Morgan fingerprint density at radius 3 is 2.70 bits per heavy atom. The standard InChI is InChI=1S/C14H22N2O2S2/c1-3-10-4-7-13(9-14(10)15)20(17,18)16-11-5-6-12(8-11)19-2/h4,7,9,11-12,16H,3,5-6,8,15H2,1-2H3. The summed E-state index contributed by atoms with van der Waals surface area (Å²) in [6.45, 7) is 2.00. The first kappa shape index (κ1) is 15.7. The first-order valence-corrected chi connectivity index (χ1v) is 9.67. The molecule has 1 aliphatic rings. The number of hydrogen-bond donors (Lipinski definition) is 2. The first-order chi connectivity index (χ1) is 9.46. The summed E-state index contributed by atoms with van der Waals surface area (Å²) < 4.78 is 27.5. The van der Waals surface area contributed by atoms with Gasteiger partial charge in [0.05, 0.1) is 4.90 Å². The quantitative estimate of drug-likeness (QED) is 0.819. The molecule has 1 aromatic carbocycles. The van der Waals surface area contributed by atoms with E-state index < -0.39 is 10.0 Å². The summed E-state index contributed by atoms with van der Waals surface area (Å²) in [4.78, 5) is 0.264. The van der Waals surface area contributed by atoms with Crippen LogP contribution in [0.25, 0.3) is 0 Å². The molecule has 20 heavy (non-hydrogen) atoms. The van der Waals surface area contributed by atoms with Crippen LogP contribution in [-0.2, 0) is 16.4 Å². The summed E-state index contributed by atoms with van der Waals surface area (Å²) in [5.41, 5.74) is 7.41. The maximum Gasteiger partial charge on any atom is 0.240 e. The Morgan fingerprint density at radius 1 is 1.40 bits per heavy atom. The van der Waals surface area contributed by atoms with Gasteiger partial charge in [-0.2, -0.15) is 11.8 Å². The molecule has 6 heteroatoms. The molecule has 1 saturated carbocycles. The molecule has 2 rings (SSSR count). The summed E-state index contributed by atoms with van der Waals surface area (Å²) in [7, 11) is -3.46. The van der Waals surface area contributed by atoms with Gasteiger partial charge in [0.25, 0.3) is 0 Å². The molecule has 2 atom stereocenters. The van der Waals surface area contributed by atoms with Crippen molar-refractivity contribution in [2.75, 3.05) is 12.0 Å². The molecule has 0 saturated heterocycles. The maximum absolute atomic E-state index is 12.4. The first-order valence-electron chi connectivity index (χ1n) is 6.89. The molecule has 0 amide bonds. The fourth-order valence-electron chi connectivity index (χ4n) is 2.61. The minimum atomic E-state index is -3.46. The second-order valence-electron chi connectivity index (χ2n) is 5.20. The lowest BCUT2D eigenvalue weighted by Gasteiger charge is -2.14. The zero-order chi connectivity index (χ0) is 14.8. The Balaban J connectivity index is 2.12. The zero-order valence-electron chi connectivity index (χ0n) is 11.9. The van der Waals surface area contributed by atoms with E-state index in [0.29, 0.717) is 10.9 Å². The third-order valence-corrected chi connectivity index (χ3v) is 6.46. The highest BCUT2D eigenvalue weighted by molar-refractivity contribution is 7.99. The number of hydrogen-bond acceptors (Lipinski definition) is 4. The average molecular weight is 314 g/mol. The molecule has 0 spiro atoms. The summed E-state index contributed by atoms with van der Waals surface area (Å²) in [6.07, 6.45) is 5.77. The van der Waals surface area contributed by atoms with Crippen LogP contribution in [0.5, 0.6) is 0 Å². The third-order valence-electron chi connectivity index (χ3n) is 3.85. The predicted molar refractivity (Wildman–Crippen MR) is 85.5 cm³/mol. The predicted octanol–water partition coefficient (Wildman–Crippen LogP) is 2.39. The van der Waals surface area contributed by atoms with Gasteiger partial charge in [0.2, 0.25) is 10.0 Å². The van der Waals surface area contributed by atoms with E-state index in [9.17, 15) is 8.42 Å². The van der Waals surface area contributed by atoms with Crippen LogP contribution in [0, 0.1) is 0 Å². The van der Waals surface area contributed by atoms with E-state index in [1.54, 1.807) is 18.2 Å². The number of rotatable bonds is 5. The summed E-state index contributed by atoms with van der Waals surface area (Å²) in [5, 5.41) is 0.565. The second-order valence-corrected chi connectivity index (χ2v) is 8.06. The van der Waals surface area contributed by atoms with Gasteiger partial charge in [-0.1, -0.05) is 13.0 Å². The average Bonchev–Trinajstić information content (AvgIpc) is 2.85. The van der Waals surface area contributed by atoms with Gasteiger partial charge in [-0.25, -0.2) is 13.1 Å². The molecular formula is C14H22N2O2S2. The molecule has 2 unspecified atom stereocenters. The van der Waals surface area contributed by atoms with E-state index >= 15 is 0 Å². The van der Waals surface area contributed by atoms with Crippen molar-refractivity contribution in [3.63, 3.8) is 0 Å². The number of benzene rings is 1. The highest BCUT2D eigenvalue weighted by Crippen LogP contribution is 2.29. The summed E-state index contributed by atoms with van der Waals surface area (Å²) in [6, 6.07) is 5.04. The van der Waals surface area contributed by atoms with E-state index in [1.807, 2.05) is 18.7 Å². The molecular weight excluding hydrogens is 292 g/mol. The topological polar surface area (TPSA) is 72.2 Å². The lowest BCUT2D eigenvalue weighted by molar-refractivity contribution is 0.552. The molecule has 1 fully saturated rings. The molecule has 0 aliphatic heterocycles. The molecule has 112 valence electrons. The van der Waals surface area contributed by atoms with Crippen LogP contribution >= 0.6 is 11.8 Å². The molecule has 0 aromatic heterocycles. The number of nitrogens with one attached hydrogen (secondary N) is 1. The summed E-state index contributed by atoms with van der Waals surface area (Å²) >= 11 is 1.81. The van der Waals surface area contributed by atoms with Crippen molar-refractivity contribution in [1.29, 1.82) is 0 Å². The number of aryl methyl sites for hydroxylation is 1. The number of nitrogen functional groups attached to an aromatic ring is 1. The van der Waals surface area contributed by atoms with Gasteiger partial charge in [-0.05, 0) is 49.6 Å². The van der Waals surface area contributed by atoms with Crippen LogP contribution in [0.2, 0.25) is 0 Å². The van der Waals surface area contributed by atoms with E-state index in [4.69, 9.17) is 5.73 Å². The van der Waals surface area contributed by atoms with Crippen molar-refractivity contribution in [1.82, 2.24) is 4.72 Å². The Labute approximate surface area is 125 Å². The smallest absolute Gasteiger partial charge is 0.240 e. The highest BCUT2D eigenvalue weighted by atomic mass is 32.2. The van der Waals surface area contributed by atoms with Crippen molar-refractivity contribution in [3.8, 4) is 0 Å². The Bertz CT molecular complexity index is 573. The van der Waals surface area contributed by atoms with Crippen molar-refractivity contribution >= 4 is 27.5 Å². The minimum Gasteiger partial charge on any atom is -0.398 e. The Hall–Kier alpha value is -0.720. The Kier molecular flexibility index (Phi) is 4.99. The van der Waals surface area contributed by atoms with Crippen molar-refractivity contribution in [2.24, 2.45) is 0 Å². The fourth-order valence-corrected chi connectivity index (χ4v) is 4.73. The van der Waals surface area contributed by atoms with E-state index in [-0.39, 0.29) is 10.9 Å². The van der Waals surface area contributed by atoms with E-state index in [2.05, 4.69) is 11.0 Å². The highest BCUT2D eigenvalue weighted by Gasteiger charge is 2.28. The van der Waals surface area contributed by atoms with Gasteiger partial charge < -0.3 is 5.73 Å². The van der Waals surface area contributed by atoms with Crippen molar-refractivity contribution < 1.29 is 8.42 Å². The number of anilines is 1. The van der Waals surface area contributed by atoms with Crippen LogP contribution in [0.15, 0.2) is 23.1 Å². The van der Waals surface area contributed by atoms with Crippen LogP contribution in [-0.4, -0.2) is 26.0 Å². The zero-order valence-corrected chi connectivity index (χ0v) is 13.6. The molecule has 4 nitrogen and oxygen atoms in total. The lowest BCUT2D eigenvalue weighted by atomic mass is 10.1. The SMILES string of the molecule is CCc1ccc(S(=O)(=O)NC2CCC(SC)C2)cc1N. The van der Waals surface area contributed by atoms with Gasteiger partial charge in [0.15, 0.2) is 0 Å². The molecule has 3 N–H and O–H groups in total. The van der Waals surface area contributed by atoms with Crippen LogP contribution in [0.3, 0.4) is 0 Å². The summed E-state index contributed by atoms with van der Waals surface area (Å²) in [5.74, 6) is 0. The normalized spacial score (nSPS) is 23.1. The number of nitrogens with two attached hydrogens (primary N) is 1. The van der Waals surface area contributed by atoms with Crippen LogP contribution < -0.4 is 10.5 Å². The van der Waals surface area contributed by atoms with Gasteiger partial charge in [0, 0.05) is 17.0 Å². The molecule has 0 radical (unpaired) electrons. The monoisotopic (exact) mass is 314 g/mol. The largest absolute Gasteiger partial charge is 0.398 e. The van der Waals surface area contributed by atoms with Crippen LogP contribution in [0.4, 0.5) is 5.69 Å². The molecule has 1 aliphatic carbocycles. The molecule has 1 aromatic rings. The minimum absolute atomic E-state index is 0.0459. The molecule has 0 heterocycles. The van der Waals surface area contributed by atoms with Crippen molar-refractivity contribution in [3.05, 3.63) is 23.8 Å². The van der Waals surface area contributed by atoms with E-state index in [1.165, 1.54) is 0 Å². The number of sulfonamides is 1. The van der Waals surface area contributed by atoms with Gasteiger partial charge >= 0.3 is 0 Å². The molecule has 0 bridgehead atoms. The van der Waals surface area contributed by atoms with Gasteiger partial charge in [-0.15, -0.1) is 0 Å². The maximum atomic E-state index is 12.4. The second kappa shape index (κ2) is 6.37. The van der Waals surface area contributed by atoms with Gasteiger partial charge in [-0.3, -0.25) is 0 Å². The lowest BCUT2D eigenvalue weighted by Crippen LogP contribution is -2.33. The van der Waals surface area contributed by atoms with E-state index in [0.717, 1.165) is 31.2 Å². The third kappa shape index (κ3) is 3.48. The van der Waals surface area contributed by atoms with Gasteiger partial charge in [0.1, 0.15) is 0 Å². The van der Waals surface area contributed by atoms with Crippen molar-refractivity contribution in [2.45, 2.75) is 48.8 Å². The van der Waals surface area contributed by atoms with Crippen LogP contribution in [0.1, 0.15) is 31.7 Å². The Morgan fingerprint density at radius 2 is 2.15 bits per heavy atom.